The summed E-state index contributed by atoms with van der Waals surface area (Å²) in [5.41, 5.74) is 2.35. The first-order chi connectivity index (χ1) is 14.6. The van der Waals surface area contributed by atoms with E-state index in [0.29, 0.717) is 6.54 Å². The lowest BCUT2D eigenvalue weighted by Gasteiger charge is -2.35. The minimum absolute atomic E-state index is 0.162. The summed E-state index contributed by atoms with van der Waals surface area (Å²) >= 11 is 1.61. The van der Waals surface area contributed by atoms with Gasteiger partial charge < -0.3 is 14.9 Å². The highest BCUT2D eigenvalue weighted by Gasteiger charge is 2.38. The van der Waals surface area contributed by atoms with Crippen LogP contribution in [0.2, 0.25) is 0 Å². The van der Waals surface area contributed by atoms with Gasteiger partial charge in [0.15, 0.2) is 0 Å². The number of aryl methyl sites for hydroxylation is 2. The van der Waals surface area contributed by atoms with Crippen molar-refractivity contribution in [3.63, 3.8) is 0 Å². The third-order valence-corrected chi connectivity index (χ3v) is 6.60. The number of amides is 1. The molecule has 7 nitrogen and oxygen atoms in total. The van der Waals surface area contributed by atoms with Crippen LogP contribution in [-0.4, -0.2) is 68.9 Å². The van der Waals surface area contributed by atoms with Crippen LogP contribution in [0.15, 0.2) is 18.3 Å². The lowest BCUT2D eigenvalue weighted by atomic mass is 10.1. The Morgan fingerprint density at radius 2 is 1.90 bits per heavy atom. The number of aromatic nitrogens is 2. The van der Waals surface area contributed by atoms with E-state index in [9.17, 15) is 18.0 Å². The molecule has 1 atom stereocenters. The summed E-state index contributed by atoms with van der Waals surface area (Å²) in [6.45, 7) is 8.89. The molecule has 0 aromatic carbocycles. The first-order valence-electron chi connectivity index (χ1n) is 9.97. The number of fused-ring (bicyclic) bond motifs is 1. The standard InChI is InChI=1S/C18H24N4OS.C2HF3O2/c1-13-9-17(24-14(13)2)18(23)21-11-15-5-6-19-22(15)16(12-21)10-20-7-3-4-8-20;3-2(4,5)1(6)7/h5-6,9,16H,3-4,7-8,10-12H2,1-2H3;(H,6,7). The first-order valence-corrected chi connectivity index (χ1v) is 10.8. The van der Waals surface area contributed by atoms with E-state index < -0.39 is 12.1 Å². The summed E-state index contributed by atoms with van der Waals surface area (Å²) in [5, 5.41) is 11.6. The average Bonchev–Trinajstić information content (AvgIpc) is 3.43. The second kappa shape index (κ2) is 9.39. The van der Waals surface area contributed by atoms with Crippen molar-refractivity contribution in [3.8, 4) is 0 Å². The van der Waals surface area contributed by atoms with Gasteiger partial charge in [0.2, 0.25) is 0 Å². The van der Waals surface area contributed by atoms with Crippen molar-refractivity contribution in [3.05, 3.63) is 39.3 Å². The highest BCUT2D eigenvalue weighted by atomic mass is 32.1. The monoisotopic (exact) mass is 458 g/mol. The van der Waals surface area contributed by atoms with Gasteiger partial charge in [-0.1, -0.05) is 0 Å². The van der Waals surface area contributed by atoms with Crippen LogP contribution in [0.3, 0.4) is 0 Å². The average molecular weight is 459 g/mol. The Hall–Kier alpha value is -2.40. The predicted octanol–water partition coefficient (Wildman–Crippen LogP) is 3.49. The molecule has 1 N–H and O–H groups in total. The van der Waals surface area contributed by atoms with E-state index in [1.54, 1.807) is 11.3 Å². The summed E-state index contributed by atoms with van der Waals surface area (Å²) in [6, 6.07) is 4.33. The van der Waals surface area contributed by atoms with Gasteiger partial charge in [-0.05, 0) is 57.5 Å². The van der Waals surface area contributed by atoms with Crippen LogP contribution in [0.1, 0.15) is 44.7 Å². The SMILES string of the molecule is Cc1cc(C(=O)N2Cc3ccnn3C(CN3CCCC3)C2)sc1C.O=C(O)C(F)(F)F. The van der Waals surface area contributed by atoms with Crippen molar-refractivity contribution < 1.29 is 27.9 Å². The molecule has 2 aliphatic heterocycles. The molecular formula is C20H25F3N4O3S. The minimum Gasteiger partial charge on any atom is -0.475 e. The van der Waals surface area contributed by atoms with Gasteiger partial charge >= 0.3 is 12.1 Å². The second-order valence-corrected chi connectivity index (χ2v) is 9.02. The van der Waals surface area contributed by atoms with Crippen LogP contribution in [0.5, 0.6) is 0 Å². The van der Waals surface area contributed by atoms with Gasteiger partial charge in [0, 0.05) is 24.2 Å². The highest BCUT2D eigenvalue weighted by Crippen LogP contribution is 2.27. The number of nitrogens with zero attached hydrogens (tertiary/aromatic N) is 4. The number of alkyl halides is 3. The Labute approximate surface area is 182 Å². The molecule has 0 spiro atoms. The number of carboxylic acid groups (broad SMARTS) is 1. The molecule has 0 radical (unpaired) electrons. The maximum Gasteiger partial charge on any atom is 0.490 e. The molecule has 1 unspecified atom stereocenters. The third kappa shape index (κ3) is 5.65. The Morgan fingerprint density at radius 3 is 2.45 bits per heavy atom. The van der Waals surface area contributed by atoms with Gasteiger partial charge in [0.05, 0.1) is 23.2 Å². The quantitative estimate of drug-likeness (QED) is 0.762. The van der Waals surface area contributed by atoms with Crippen molar-refractivity contribution in [1.29, 1.82) is 0 Å². The molecule has 1 amide bonds. The van der Waals surface area contributed by atoms with E-state index in [2.05, 4.69) is 28.5 Å². The number of carbonyl (C=O) groups excluding carboxylic acids is 1. The molecule has 0 bridgehead atoms. The van der Waals surface area contributed by atoms with Crippen molar-refractivity contribution >= 4 is 23.2 Å². The molecule has 1 fully saturated rings. The van der Waals surface area contributed by atoms with E-state index in [1.165, 1.54) is 36.4 Å². The number of carboxylic acids is 1. The van der Waals surface area contributed by atoms with E-state index in [-0.39, 0.29) is 11.9 Å². The van der Waals surface area contributed by atoms with Crippen LogP contribution in [0.4, 0.5) is 13.2 Å². The Morgan fingerprint density at radius 1 is 1.26 bits per heavy atom. The van der Waals surface area contributed by atoms with Crippen molar-refractivity contribution in [2.75, 3.05) is 26.2 Å². The van der Waals surface area contributed by atoms with E-state index in [4.69, 9.17) is 9.90 Å². The number of rotatable bonds is 3. The molecule has 4 rings (SSSR count). The van der Waals surface area contributed by atoms with Gasteiger partial charge in [-0.25, -0.2) is 4.79 Å². The highest BCUT2D eigenvalue weighted by molar-refractivity contribution is 7.14. The van der Waals surface area contributed by atoms with E-state index in [0.717, 1.165) is 23.7 Å². The summed E-state index contributed by atoms with van der Waals surface area (Å²) < 4.78 is 33.9. The molecule has 2 aromatic rings. The fraction of sp³-hybridized carbons (Fsp3) is 0.550. The number of carbonyl (C=O) groups is 2. The number of hydrogen-bond acceptors (Lipinski definition) is 5. The number of likely N-dealkylation sites (tertiary alicyclic amines) is 1. The molecule has 4 heterocycles. The van der Waals surface area contributed by atoms with Gasteiger partial charge in [-0.2, -0.15) is 18.3 Å². The normalized spacial score (nSPS) is 19.0. The number of aliphatic carboxylic acids is 1. The summed E-state index contributed by atoms with van der Waals surface area (Å²) in [4.78, 5) is 28.5. The third-order valence-electron chi connectivity index (χ3n) is 5.46. The predicted molar refractivity (Wildman–Crippen MR) is 109 cm³/mol. The second-order valence-electron chi connectivity index (χ2n) is 7.77. The van der Waals surface area contributed by atoms with Gasteiger partial charge in [-0.15, -0.1) is 11.3 Å². The summed E-state index contributed by atoms with van der Waals surface area (Å²) in [5.74, 6) is -2.59. The van der Waals surface area contributed by atoms with Crippen LogP contribution in [0, 0.1) is 13.8 Å². The fourth-order valence-corrected chi connectivity index (χ4v) is 4.78. The minimum atomic E-state index is -5.08. The zero-order valence-corrected chi connectivity index (χ0v) is 18.2. The molecule has 170 valence electrons. The molecule has 0 saturated carbocycles. The Balaban J connectivity index is 0.000000339. The Kier molecular flexibility index (Phi) is 7.05. The number of halogens is 3. The van der Waals surface area contributed by atoms with Gasteiger partial charge in [0.25, 0.3) is 5.91 Å². The molecule has 2 aromatic heterocycles. The maximum atomic E-state index is 13.0. The van der Waals surface area contributed by atoms with Gasteiger partial charge in [0.1, 0.15) is 0 Å². The van der Waals surface area contributed by atoms with Crippen LogP contribution < -0.4 is 0 Å². The number of thiophene rings is 1. The lowest BCUT2D eigenvalue weighted by Crippen LogP contribution is -2.44. The zero-order chi connectivity index (χ0) is 22.8. The number of hydrogen-bond donors (Lipinski definition) is 1. The van der Waals surface area contributed by atoms with Crippen molar-refractivity contribution in [1.82, 2.24) is 19.6 Å². The maximum absolute atomic E-state index is 13.0. The molecule has 0 aliphatic carbocycles. The van der Waals surface area contributed by atoms with E-state index >= 15 is 0 Å². The van der Waals surface area contributed by atoms with Crippen LogP contribution in [0.25, 0.3) is 0 Å². The van der Waals surface area contributed by atoms with Crippen molar-refractivity contribution in [2.45, 2.75) is 45.5 Å². The topological polar surface area (TPSA) is 78.7 Å². The van der Waals surface area contributed by atoms with Crippen LogP contribution in [-0.2, 0) is 11.3 Å². The largest absolute Gasteiger partial charge is 0.490 e. The summed E-state index contributed by atoms with van der Waals surface area (Å²) in [7, 11) is 0. The fourth-order valence-electron chi connectivity index (χ4n) is 3.77. The smallest absolute Gasteiger partial charge is 0.475 e. The van der Waals surface area contributed by atoms with Gasteiger partial charge in [-0.3, -0.25) is 9.48 Å². The lowest BCUT2D eigenvalue weighted by molar-refractivity contribution is -0.192. The Bertz CT molecular complexity index is 915. The van der Waals surface area contributed by atoms with Crippen LogP contribution >= 0.6 is 11.3 Å². The van der Waals surface area contributed by atoms with Crippen molar-refractivity contribution in [2.24, 2.45) is 0 Å². The molecule has 1 saturated heterocycles. The molecule has 11 heteroatoms. The first kappa shape index (κ1) is 23.3. The molecule has 31 heavy (non-hydrogen) atoms. The molecule has 2 aliphatic rings. The summed E-state index contributed by atoms with van der Waals surface area (Å²) in [6.07, 6.45) is -0.649. The zero-order valence-electron chi connectivity index (χ0n) is 17.4. The van der Waals surface area contributed by atoms with E-state index in [1.807, 2.05) is 23.2 Å². The molecular weight excluding hydrogens is 433 g/mol.